The maximum atomic E-state index is 7.57. The molecule has 15 heavy (non-hydrogen) atoms. The highest BCUT2D eigenvalue weighted by atomic mass is 15.1. The first kappa shape index (κ1) is 11.6. The van der Waals surface area contributed by atoms with Gasteiger partial charge in [-0.2, -0.15) is 0 Å². The first-order valence-corrected chi connectivity index (χ1v) is 5.30. The highest BCUT2D eigenvalue weighted by Crippen LogP contribution is 2.21. The summed E-state index contributed by atoms with van der Waals surface area (Å²) in [7, 11) is 0. The summed E-state index contributed by atoms with van der Waals surface area (Å²) in [6.45, 7) is 8.08. The van der Waals surface area contributed by atoms with E-state index in [2.05, 4.69) is 24.8 Å². The first-order chi connectivity index (χ1) is 7.10. The Labute approximate surface area is 91.4 Å². The molecule has 1 aromatic carbocycles. The first-order valence-electron chi connectivity index (χ1n) is 5.30. The Morgan fingerprint density at radius 1 is 1.33 bits per heavy atom. The molecule has 0 fully saturated rings. The van der Waals surface area contributed by atoms with Gasteiger partial charge in [0.1, 0.15) is 5.84 Å². The molecule has 0 unspecified atom stereocenters. The molecular weight excluding hydrogens is 186 g/mol. The number of hydrogen-bond donors (Lipinski definition) is 2. The van der Waals surface area contributed by atoms with Gasteiger partial charge < -0.3 is 10.6 Å². The van der Waals surface area contributed by atoms with E-state index >= 15 is 0 Å². The van der Waals surface area contributed by atoms with Gasteiger partial charge in [-0.1, -0.05) is 11.6 Å². The largest absolute Gasteiger partial charge is 0.384 e. The van der Waals surface area contributed by atoms with Crippen LogP contribution in [-0.2, 0) is 0 Å². The van der Waals surface area contributed by atoms with Crippen molar-refractivity contribution in [3.63, 3.8) is 0 Å². The summed E-state index contributed by atoms with van der Waals surface area (Å²) in [6.07, 6.45) is 0. The van der Waals surface area contributed by atoms with Gasteiger partial charge in [0, 0.05) is 24.3 Å². The number of nitrogens with one attached hydrogen (secondary N) is 1. The second-order valence-electron chi connectivity index (χ2n) is 3.61. The van der Waals surface area contributed by atoms with Crippen LogP contribution in [0.5, 0.6) is 0 Å². The molecule has 0 saturated heterocycles. The molecule has 3 nitrogen and oxygen atoms in total. The maximum absolute atomic E-state index is 7.57. The average molecular weight is 205 g/mol. The zero-order valence-corrected chi connectivity index (χ0v) is 9.67. The molecule has 0 bridgehead atoms. The second-order valence-corrected chi connectivity index (χ2v) is 3.61. The van der Waals surface area contributed by atoms with Crippen LogP contribution in [0.25, 0.3) is 0 Å². The fourth-order valence-corrected chi connectivity index (χ4v) is 1.71. The number of anilines is 1. The number of nitrogens with zero attached hydrogens (tertiary/aromatic N) is 1. The minimum Gasteiger partial charge on any atom is -0.384 e. The molecule has 1 aromatic rings. The van der Waals surface area contributed by atoms with Crippen molar-refractivity contribution in [1.29, 1.82) is 5.41 Å². The molecule has 0 spiro atoms. The summed E-state index contributed by atoms with van der Waals surface area (Å²) in [5.41, 5.74) is 8.61. The molecule has 0 amide bonds. The van der Waals surface area contributed by atoms with Crippen molar-refractivity contribution in [1.82, 2.24) is 0 Å². The minimum atomic E-state index is 0.139. The number of nitrogen functional groups attached to an aromatic ring is 1. The van der Waals surface area contributed by atoms with Crippen LogP contribution >= 0.6 is 0 Å². The van der Waals surface area contributed by atoms with Crippen LogP contribution in [0.15, 0.2) is 18.2 Å². The average Bonchev–Trinajstić information content (AvgIpc) is 2.21. The van der Waals surface area contributed by atoms with E-state index in [0.29, 0.717) is 0 Å². The normalized spacial score (nSPS) is 10.1. The lowest BCUT2D eigenvalue weighted by atomic mass is 10.1. The molecule has 3 heteroatoms. The van der Waals surface area contributed by atoms with Gasteiger partial charge in [0.05, 0.1) is 0 Å². The highest BCUT2D eigenvalue weighted by molar-refractivity contribution is 6.00. The minimum absolute atomic E-state index is 0.139. The predicted octanol–water partition coefficient (Wildman–Crippen LogP) is 2.13. The van der Waals surface area contributed by atoms with Crippen molar-refractivity contribution < 1.29 is 0 Å². The van der Waals surface area contributed by atoms with Gasteiger partial charge in [-0.05, 0) is 32.9 Å². The lowest BCUT2D eigenvalue weighted by molar-refractivity contribution is 0.864. The molecule has 82 valence electrons. The van der Waals surface area contributed by atoms with E-state index in [1.165, 1.54) is 0 Å². The number of amidine groups is 1. The highest BCUT2D eigenvalue weighted by Gasteiger charge is 2.10. The molecule has 1 rings (SSSR count). The van der Waals surface area contributed by atoms with Crippen LogP contribution < -0.4 is 10.6 Å². The van der Waals surface area contributed by atoms with Crippen molar-refractivity contribution in [3.05, 3.63) is 29.3 Å². The van der Waals surface area contributed by atoms with Gasteiger partial charge in [-0.15, -0.1) is 0 Å². The van der Waals surface area contributed by atoms with E-state index < -0.39 is 0 Å². The molecule has 0 atom stereocenters. The van der Waals surface area contributed by atoms with Gasteiger partial charge >= 0.3 is 0 Å². The van der Waals surface area contributed by atoms with Crippen LogP contribution in [0.1, 0.15) is 25.0 Å². The number of nitrogens with two attached hydrogens (primary N) is 1. The van der Waals surface area contributed by atoms with Gasteiger partial charge in [0.25, 0.3) is 0 Å². The lowest BCUT2D eigenvalue weighted by Gasteiger charge is -2.24. The van der Waals surface area contributed by atoms with Gasteiger partial charge in [0.15, 0.2) is 0 Å². The summed E-state index contributed by atoms with van der Waals surface area (Å²) >= 11 is 0. The van der Waals surface area contributed by atoms with Crippen molar-refractivity contribution in [3.8, 4) is 0 Å². The predicted molar refractivity (Wildman–Crippen MR) is 65.8 cm³/mol. The van der Waals surface area contributed by atoms with E-state index in [4.69, 9.17) is 11.1 Å². The number of rotatable bonds is 4. The number of benzene rings is 1. The van der Waals surface area contributed by atoms with Gasteiger partial charge in [-0.25, -0.2) is 0 Å². The van der Waals surface area contributed by atoms with Crippen molar-refractivity contribution in [2.24, 2.45) is 5.73 Å². The molecule has 0 saturated carbocycles. The molecule has 0 aromatic heterocycles. The summed E-state index contributed by atoms with van der Waals surface area (Å²) < 4.78 is 0. The summed E-state index contributed by atoms with van der Waals surface area (Å²) in [5, 5.41) is 7.57. The Balaban J connectivity index is 3.21. The maximum Gasteiger partial charge on any atom is 0.124 e. The Morgan fingerprint density at radius 2 is 1.93 bits per heavy atom. The lowest BCUT2D eigenvalue weighted by Crippen LogP contribution is -2.25. The van der Waals surface area contributed by atoms with E-state index in [1.54, 1.807) is 0 Å². The van der Waals surface area contributed by atoms with Gasteiger partial charge in [-0.3, -0.25) is 5.41 Å². The molecule has 3 N–H and O–H groups in total. The number of aryl methyl sites for hydroxylation is 1. The zero-order chi connectivity index (χ0) is 11.4. The Bertz CT molecular complexity index is 354. The molecule has 0 radical (unpaired) electrons. The van der Waals surface area contributed by atoms with Crippen LogP contribution in [-0.4, -0.2) is 18.9 Å². The SMILES string of the molecule is CCN(CC)c1ccc(C)cc1C(=N)N. The van der Waals surface area contributed by atoms with Crippen LogP contribution in [0.3, 0.4) is 0 Å². The van der Waals surface area contributed by atoms with E-state index in [0.717, 1.165) is 29.9 Å². The van der Waals surface area contributed by atoms with E-state index in [1.807, 2.05) is 19.1 Å². The zero-order valence-electron chi connectivity index (χ0n) is 9.67. The molecule has 0 aliphatic carbocycles. The van der Waals surface area contributed by atoms with Crippen molar-refractivity contribution >= 4 is 11.5 Å². The molecule has 0 heterocycles. The quantitative estimate of drug-likeness (QED) is 0.584. The van der Waals surface area contributed by atoms with Crippen molar-refractivity contribution in [2.45, 2.75) is 20.8 Å². The third-order valence-electron chi connectivity index (χ3n) is 2.55. The molecular formula is C12H19N3. The fourth-order valence-electron chi connectivity index (χ4n) is 1.71. The van der Waals surface area contributed by atoms with Crippen LogP contribution in [0, 0.1) is 12.3 Å². The van der Waals surface area contributed by atoms with Crippen LogP contribution in [0.2, 0.25) is 0 Å². The monoisotopic (exact) mass is 205 g/mol. The van der Waals surface area contributed by atoms with E-state index in [9.17, 15) is 0 Å². The smallest absolute Gasteiger partial charge is 0.124 e. The molecule has 0 aliphatic rings. The standard InChI is InChI=1S/C12H19N3/c1-4-15(5-2)11-7-6-9(3)8-10(11)12(13)14/h6-8H,4-5H2,1-3H3,(H3,13,14). The summed E-state index contributed by atoms with van der Waals surface area (Å²) in [4.78, 5) is 2.20. The summed E-state index contributed by atoms with van der Waals surface area (Å²) in [6, 6.07) is 6.06. The fraction of sp³-hybridized carbons (Fsp3) is 0.417. The third kappa shape index (κ3) is 2.49. The number of hydrogen-bond acceptors (Lipinski definition) is 2. The topological polar surface area (TPSA) is 53.1 Å². The van der Waals surface area contributed by atoms with Crippen LogP contribution in [0.4, 0.5) is 5.69 Å². The third-order valence-corrected chi connectivity index (χ3v) is 2.55. The molecule has 0 aliphatic heterocycles. The summed E-state index contributed by atoms with van der Waals surface area (Å²) in [5.74, 6) is 0.139. The Kier molecular flexibility index (Phi) is 3.72. The Morgan fingerprint density at radius 3 is 2.40 bits per heavy atom. The van der Waals surface area contributed by atoms with E-state index in [-0.39, 0.29) is 5.84 Å². The van der Waals surface area contributed by atoms with Gasteiger partial charge in [0.2, 0.25) is 0 Å². The second kappa shape index (κ2) is 4.82. The van der Waals surface area contributed by atoms with Crippen molar-refractivity contribution in [2.75, 3.05) is 18.0 Å². The Hall–Kier alpha value is -1.51.